The molecular formula is C84H161BrCl6Si6Zr3. The summed E-state index contributed by atoms with van der Waals surface area (Å²) in [5, 5.41) is 0. The molecule has 1 aromatic rings. The zero-order chi connectivity index (χ0) is 68.8. The predicted octanol–water partition coefficient (Wildman–Crippen LogP) is 33.3. The van der Waals surface area contributed by atoms with Gasteiger partial charge in [-0.3, -0.25) is 0 Å². The van der Waals surface area contributed by atoms with Crippen LogP contribution in [0.2, 0.25) is 112 Å². The molecule has 0 nitrogen and oxygen atoms in total. The van der Waals surface area contributed by atoms with Crippen molar-refractivity contribution in [2.24, 2.45) is 76.9 Å². The van der Waals surface area contributed by atoms with Crippen LogP contribution >= 0.6 is 67.0 Å². The topological polar surface area (TPSA) is 0 Å². The van der Waals surface area contributed by atoms with Gasteiger partial charge in [0.1, 0.15) is 0 Å². The first-order chi connectivity index (χ1) is 44.7. The third-order valence-electron chi connectivity index (χ3n) is 33.0. The van der Waals surface area contributed by atoms with Crippen LogP contribution in [-0.4, -0.2) is 50.4 Å². The number of unbranched alkanes of at least 4 members (excludes halogenated alkanes) is 3. The Hall–Kier alpha value is 5.39. The molecule has 21 atom stereocenters. The molecule has 1 aromatic carbocycles. The fourth-order valence-electron chi connectivity index (χ4n) is 25.7. The Morgan fingerprint density at radius 3 is 1.11 bits per heavy atom. The van der Waals surface area contributed by atoms with Gasteiger partial charge in [0, 0.05) is 50.4 Å². The number of hydrogen-bond acceptors (Lipinski definition) is 0. The van der Waals surface area contributed by atoms with E-state index in [9.17, 15) is 0 Å². The van der Waals surface area contributed by atoms with Gasteiger partial charge in [0.2, 0.25) is 0 Å². The Balaban J connectivity index is 0.000000693. The molecule has 0 bridgehead atoms. The van der Waals surface area contributed by atoms with Gasteiger partial charge in [-0.25, -0.2) is 0 Å². The monoisotopic (exact) mass is 1900 g/mol. The summed E-state index contributed by atoms with van der Waals surface area (Å²) in [7, 11) is 22.6. The summed E-state index contributed by atoms with van der Waals surface area (Å²) in [6.45, 7) is 41.6. The number of alkyl halides is 1. The first-order valence-electron chi connectivity index (χ1n) is 40.3. The van der Waals surface area contributed by atoms with Gasteiger partial charge in [-0.1, -0.05) is 332 Å². The molecule has 12 rings (SSSR count). The van der Waals surface area contributed by atoms with Gasteiger partial charge in [-0.05, 0) is 167 Å². The summed E-state index contributed by atoms with van der Waals surface area (Å²) in [4.78, 5) is 0.843. The molecule has 0 radical (unpaired) electrons. The molecule has 0 aromatic heterocycles. The van der Waals surface area contributed by atoms with Gasteiger partial charge in [0.25, 0.3) is 0 Å². The molecular weight excluding hydrogens is 1740 g/mol. The van der Waals surface area contributed by atoms with Gasteiger partial charge in [-0.15, -0.1) is 0 Å². The van der Waals surface area contributed by atoms with E-state index in [2.05, 4.69) is 146 Å². The van der Waals surface area contributed by atoms with Gasteiger partial charge in [-0.2, -0.15) is 0 Å². The molecule has 11 saturated carbocycles. The molecule has 582 valence electrons. The fourth-order valence-corrected chi connectivity index (χ4v) is 68.9. The van der Waals surface area contributed by atoms with Gasteiger partial charge in [0.15, 0.2) is 0 Å². The van der Waals surface area contributed by atoms with Crippen molar-refractivity contribution in [3.05, 3.63) is 80.5 Å². The van der Waals surface area contributed by atoms with Crippen LogP contribution in [0.15, 0.2) is 30.3 Å². The Morgan fingerprint density at radius 1 is 0.330 bits per heavy atom. The maximum atomic E-state index is 4.93. The zero-order valence-electron chi connectivity index (χ0n) is 69.1. The fraction of sp³-hybridized carbons (Fsp3) is 0.857. The normalized spacial score (nSPS) is 34.5. The molecule has 0 saturated heterocycles. The molecule has 11 fully saturated rings. The molecule has 100 heavy (non-hydrogen) atoms. The number of halogens is 7. The van der Waals surface area contributed by atoms with Crippen LogP contribution in [0.25, 0.3) is 0 Å². The summed E-state index contributed by atoms with van der Waals surface area (Å²) in [6, 6.07) is 11.9. The van der Waals surface area contributed by atoms with Crippen molar-refractivity contribution in [1.82, 2.24) is 0 Å². The molecule has 0 N–H and O–H groups in total. The second-order valence-corrected chi connectivity index (χ2v) is 98.5. The van der Waals surface area contributed by atoms with E-state index in [1.165, 1.54) is 107 Å². The Kier molecular flexibility index (Phi) is 50.3. The summed E-state index contributed by atoms with van der Waals surface area (Å²) in [5.41, 5.74) is 8.62. The van der Waals surface area contributed by atoms with E-state index in [1.54, 1.807) is 140 Å². The van der Waals surface area contributed by atoms with E-state index in [-0.39, 0.29) is 44.6 Å². The predicted molar refractivity (Wildman–Crippen MR) is 471 cm³/mol. The van der Waals surface area contributed by atoms with Gasteiger partial charge >= 0.3 is 114 Å². The molecule has 11 aliphatic carbocycles. The van der Waals surface area contributed by atoms with Crippen molar-refractivity contribution in [1.29, 1.82) is 0 Å². The first kappa shape index (κ1) is 103. The van der Waals surface area contributed by atoms with Crippen LogP contribution in [0.4, 0.5) is 0 Å². The number of rotatable bonds is 19. The van der Waals surface area contributed by atoms with Crippen molar-refractivity contribution in [2.75, 3.05) is 0 Å². The molecule has 11 aliphatic rings. The van der Waals surface area contributed by atoms with Crippen LogP contribution < -0.4 is 0 Å². The summed E-state index contributed by atoms with van der Waals surface area (Å²) in [6.07, 6.45) is 55.7. The van der Waals surface area contributed by atoms with Crippen molar-refractivity contribution >= 4 is 113 Å². The van der Waals surface area contributed by atoms with E-state index in [0.29, 0.717) is 0 Å². The van der Waals surface area contributed by atoms with Crippen molar-refractivity contribution in [3.63, 3.8) is 0 Å². The van der Waals surface area contributed by atoms with Crippen molar-refractivity contribution < 1.29 is 62.5 Å². The van der Waals surface area contributed by atoms with E-state index < -0.39 is 108 Å². The van der Waals surface area contributed by atoms with Crippen LogP contribution in [0.3, 0.4) is 0 Å². The minimum atomic E-state index is -1.27. The first-order valence-corrected chi connectivity index (χ1v) is 81.7. The van der Waals surface area contributed by atoms with Gasteiger partial charge < -0.3 is 44.6 Å². The van der Waals surface area contributed by atoms with Crippen molar-refractivity contribution in [2.45, 2.75) is 374 Å². The third-order valence-corrected chi connectivity index (χ3v) is 96.4. The van der Waals surface area contributed by atoms with E-state index in [1.807, 2.05) is 0 Å². The van der Waals surface area contributed by atoms with Crippen LogP contribution in [0.1, 0.15) is 263 Å². The molecule has 0 spiro atoms. The average Bonchev–Trinajstić information content (AvgIpc) is 1.55. The third kappa shape index (κ3) is 25.0. The SMILES string of the molecule is CCCCC1CCC([Si](C)(C)[Si](C)(C)C2CCC3C(Br)CCCC32)C1.CCCCC1CCC([Si](C)(C)[Si](C)(C)C2CCC3C2CC2CCCC2C3c2ccccc2)C1.CCCCC1CCC([Si](C)(C)[Si](C)(C)C2CCC3CC4CCCC4CC32)C1.[CH3-].[CH3-].[CH3-].[CH3-].[CH3-].[CH3-].[Cl][Zr+2][Cl].[Cl][Zr+2][Cl].[Cl][Zr+2][Cl]. The number of hydrogen-bond donors (Lipinski definition) is 0. The Morgan fingerprint density at radius 2 is 0.670 bits per heavy atom. The molecule has 21 unspecified atom stereocenters. The van der Waals surface area contributed by atoms with Crippen LogP contribution in [0.5, 0.6) is 0 Å². The Bertz CT molecular complexity index is 2320. The van der Waals surface area contributed by atoms with Crippen LogP contribution in [0, 0.1) is 121 Å². The van der Waals surface area contributed by atoms with E-state index in [0.717, 1.165) is 110 Å². The van der Waals surface area contributed by atoms with E-state index >= 15 is 0 Å². The summed E-state index contributed by atoms with van der Waals surface area (Å²) >= 11 is 1.59. The quantitative estimate of drug-likeness (QED) is 0.0736. The second-order valence-electron chi connectivity index (χ2n) is 37.6. The van der Waals surface area contributed by atoms with Gasteiger partial charge in [0.05, 0.1) is 0 Å². The average molecular weight is 1910 g/mol. The molecule has 0 aliphatic heterocycles. The van der Waals surface area contributed by atoms with Crippen molar-refractivity contribution in [3.8, 4) is 0 Å². The maximum absolute atomic E-state index is 4.93. The molecule has 0 amide bonds. The molecule has 0 heterocycles. The molecule has 16 heteroatoms. The number of benzene rings is 1. The minimum absolute atomic E-state index is 0. The second kappa shape index (κ2) is 48.7. The standard InChI is InChI=1S/C31H52Si2.C25H48Si2.C22H43BrSi2.6CH3.6ClH.3Zr/c1-6-7-12-23-17-18-26(21-23)32(2,3)33(4,5)30-20-19-28-29(30)22-25-15-11-16-27(25)31(28)24-13-9-8-10-14-24;1-6-7-9-19-12-14-23(16-19)26(2,3)27(4,5)25-15-13-22-17-20-10-8-11-21(20)18-24(22)25;1-6-7-9-17-12-13-18(16-17)24(2,3)25(4,5)22-15-14-19-20(22)10-8-11-21(19)23;;;;;;;;;;;;;;;/h8-10,13-14,23,25-31H,6-7,11-12,15-22H2,1-5H3;19-25H,6-18H2,1-5H3;17-22H,6-16H2,1-5H3;6*1H3;6*1H;;;/q;;;6*-1;;;;;;;3*+4/p-6. The van der Waals surface area contributed by atoms with Crippen LogP contribution in [-0.2, 0) is 62.5 Å². The number of fused-ring (bicyclic) bond motifs is 5. The Labute approximate surface area is 698 Å². The van der Waals surface area contributed by atoms with E-state index in [4.69, 9.17) is 51.1 Å². The summed E-state index contributed by atoms with van der Waals surface area (Å²) < 4.78 is 0. The summed E-state index contributed by atoms with van der Waals surface area (Å²) in [5.74, 6) is 14.9. The zero-order valence-corrected chi connectivity index (χ0v) is 88.6.